The average molecular weight is 701 g/mol. The van der Waals surface area contributed by atoms with E-state index < -0.39 is 15.8 Å². The summed E-state index contributed by atoms with van der Waals surface area (Å²) in [7, 11) is -1.58. The highest BCUT2D eigenvalue weighted by Gasteiger charge is 2.44. The van der Waals surface area contributed by atoms with E-state index in [0.29, 0.717) is 30.4 Å². The minimum absolute atomic E-state index is 0.0398. The number of nitriles is 1. The Kier molecular flexibility index (Phi) is 9.39. The van der Waals surface area contributed by atoms with Crippen LogP contribution in [0.15, 0.2) is 65.3 Å². The molecule has 49 heavy (non-hydrogen) atoms. The third-order valence-electron chi connectivity index (χ3n) is 10.5. The summed E-state index contributed by atoms with van der Waals surface area (Å²) in [5, 5.41) is 9.89. The Bertz CT molecular complexity index is 1940. The molecular weight excluding hydrogens is 660 g/mol. The third-order valence-corrected chi connectivity index (χ3v) is 12.8. The van der Waals surface area contributed by atoms with Gasteiger partial charge < -0.3 is 14.4 Å². The molecule has 1 saturated carbocycles. The number of anilines is 2. The maximum absolute atomic E-state index is 14.5. The number of ether oxygens (including phenoxy) is 2. The van der Waals surface area contributed by atoms with Gasteiger partial charge in [-0.05, 0) is 97.7 Å². The van der Waals surface area contributed by atoms with Crippen molar-refractivity contribution in [2.45, 2.75) is 57.0 Å². The predicted molar refractivity (Wildman–Crippen MR) is 190 cm³/mol. The summed E-state index contributed by atoms with van der Waals surface area (Å²) in [6, 6.07) is 13.6. The van der Waals surface area contributed by atoms with E-state index in [4.69, 9.17) is 26.3 Å². The summed E-state index contributed by atoms with van der Waals surface area (Å²) in [6.45, 7) is 4.02. The van der Waals surface area contributed by atoms with Crippen molar-refractivity contribution in [3.05, 3.63) is 88.4 Å². The number of methoxy groups -OCH3 is 1. The van der Waals surface area contributed by atoms with Gasteiger partial charge in [0.15, 0.2) is 11.5 Å². The van der Waals surface area contributed by atoms with Crippen LogP contribution in [0.5, 0.6) is 5.75 Å². The minimum Gasteiger partial charge on any atom is -0.490 e. The summed E-state index contributed by atoms with van der Waals surface area (Å²) < 4.78 is 34.4. The summed E-state index contributed by atoms with van der Waals surface area (Å²) >= 11 is 6.45. The first-order valence-corrected chi connectivity index (χ1v) is 19.0. The van der Waals surface area contributed by atoms with Crippen LogP contribution in [0.4, 0.5) is 11.5 Å². The summed E-state index contributed by atoms with van der Waals surface area (Å²) in [5.41, 5.74) is 3.61. The highest BCUT2D eigenvalue weighted by Crippen LogP contribution is 2.47. The second-order valence-corrected chi connectivity index (χ2v) is 16.4. The number of hydrogen-bond donors (Lipinski definition) is 1. The van der Waals surface area contributed by atoms with Crippen LogP contribution in [0, 0.1) is 29.1 Å². The molecule has 3 heterocycles. The van der Waals surface area contributed by atoms with Gasteiger partial charge in [0.1, 0.15) is 21.7 Å². The number of benzene rings is 2. The van der Waals surface area contributed by atoms with E-state index in [1.807, 2.05) is 31.2 Å². The van der Waals surface area contributed by atoms with Gasteiger partial charge in [-0.2, -0.15) is 5.26 Å². The smallest absolute Gasteiger partial charge is 0.286 e. The fourth-order valence-corrected chi connectivity index (χ4v) is 10.1. The van der Waals surface area contributed by atoms with Crippen LogP contribution in [0.3, 0.4) is 0 Å². The van der Waals surface area contributed by atoms with Gasteiger partial charge in [-0.25, -0.2) is 14.2 Å². The largest absolute Gasteiger partial charge is 0.490 e. The zero-order valence-electron chi connectivity index (χ0n) is 27.8. The van der Waals surface area contributed by atoms with Crippen molar-refractivity contribution in [1.82, 2.24) is 9.97 Å². The van der Waals surface area contributed by atoms with Crippen molar-refractivity contribution in [2.75, 3.05) is 42.2 Å². The fourth-order valence-electron chi connectivity index (χ4n) is 7.97. The lowest BCUT2D eigenvalue weighted by atomic mass is 9.68. The van der Waals surface area contributed by atoms with Crippen molar-refractivity contribution in [3.63, 3.8) is 0 Å². The molecule has 1 amide bonds. The molecule has 2 aliphatic carbocycles. The molecule has 10 nitrogen and oxygen atoms in total. The van der Waals surface area contributed by atoms with E-state index in [2.05, 4.69) is 48.2 Å². The fraction of sp³-hybridized carbons (Fsp3) is 0.459. The van der Waals surface area contributed by atoms with Gasteiger partial charge >= 0.3 is 0 Å². The number of carbonyl (C=O) groups is 1. The third kappa shape index (κ3) is 6.91. The lowest BCUT2D eigenvalue weighted by Gasteiger charge is -2.46. The van der Waals surface area contributed by atoms with Crippen molar-refractivity contribution >= 4 is 38.9 Å². The SMILES string of the molecule is CO[C@H]1/C=C/C[C@H](C)C[S@@](=O)(Nc2cnc(C#N)cn2)=NC(=O)c2ccc3c(c2)N(C[C@@H]2CC[C@H]21)C[C@@]1(CCCc2cc(Cl)ccc21)CO3. The van der Waals surface area contributed by atoms with E-state index >= 15 is 0 Å². The van der Waals surface area contributed by atoms with Gasteiger partial charge in [-0.3, -0.25) is 9.52 Å². The number of carbonyl (C=O) groups excluding carboxylic acids is 1. The molecule has 4 aliphatic rings. The number of hydrogen-bond acceptors (Lipinski definition) is 8. The zero-order chi connectivity index (χ0) is 34.2. The van der Waals surface area contributed by atoms with Crippen molar-refractivity contribution in [3.8, 4) is 11.8 Å². The number of aromatic nitrogens is 2. The molecule has 2 aromatic carbocycles. The molecule has 12 heteroatoms. The van der Waals surface area contributed by atoms with Crippen LogP contribution in [-0.2, 0) is 26.5 Å². The van der Waals surface area contributed by atoms with Crippen LogP contribution in [-0.4, -0.2) is 58.7 Å². The second-order valence-electron chi connectivity index (χ2n) is 14.0. The van der Waals surface area contributed by atoms with Gasteiger partial charge in [-0.15, -0.1) is 4.36 Å². The number of aryl methyl sites for hydroxylation is 1. The molecule has 2 bridgehead atoms. The number of nitrogens with one attached hydrogen (secondary N) is 1. The van der Waals surface area contributed by atoms with Crippen molar-refractivity contribution < 1.29 is 18.5 Å². The number of amides is 1. The molecule has 1 aromatic heterocycles. The Balaban J connectivity index is 1.31. The molecule has 256 valence electrons. The molecule has 1 N–H and O–H groups in total. The van der Waals surface area contributed by atoms with Crippen LogP contribution in [0.25, 0.3) is 0 Å². The van der Waals surface area contributed by atoms with E-state index in [1.165, 1.54) is 23.5 Å². The maximum Gasteiger partial charge on any atom is 0.286 e. The molecule has 0 radical (unpaired) electrons. The van der Waals surface area contributed by atoms with Gasteiger partial charge in [0, 0.05) is 36.2 Å². The Morgan fingerprint density at radius 2 is 2.06 bits per heavy atom. The Labute approximate surface area is 293 Å². The Hall–Kier alpha value is -3.98. The summed E-state index contributed by atoms with van der Waals surface area (Å²) in [4.78, 5) is 24.6. The molecule has 0 saturated heterocycles. The van der Waals surface area contributed by atoms with Gasteiger partial charge in [-0.1, -0.05) is 36.7 Å². The first kappa shape index (κ1) is 33.5. The first-order valence-electron chi connectivity index (χ1n) is 17.0. The number of nitrogens with zero attached hydrogens (tertiary/aromatic N) is 5. The second kappa shape index (κ2) is 13.7. The minimum atomic E-state index is -3.35. The quantitative estimate of drug-likeness (QED) is 0.297. The molecule has 3 aromatic rings. The highest BCUT2D eigenvalue weighted by atomic mass is 35.5. The van der Waals surface area contributed by atoms with E-state index in [0.717, 1.165) is 61.7 Å². The van der Waals surface area contributed by atoms with Crippen molar-refractivity contribution in [1.29, 1.82) is 5.26 Å². The maximum atomic E-state index is 14.5. The highest BCUT2D eigenvalue weighted by molar-refractivity contribution is 7.95. The molecular formula is C37H41ClN6O4S. The number of fused-ring (bicyclic) bond motifs is 4. The summed E-state index contributed by atoms with van der Waals surface area (Å²) in [6.07, 6.45) is 12.6. The van der Waals surface area contributed by atoms with Crippen LogP contribution >= 0.6 is 11.6 Å². The number of rotatable bonds is 3. The standard InChI is InChI=1S/C37H41ClN6O4S/c1-24-5-3-7-33(47-2)30-11-8-27(30)20-44-22-37(14-4-6-25-15-28(38)10-12-31(25)37)23-48-34-13-9-26(16-32(34)44)36(45)43-49(46,21-24)42-35-19-40-29(17-39)18-41-35/h3,7,9-10,12-13,15-16,18-19,24,27,30,33H,4-6,8,11,14,20-23H2,1-2H3,(H,41,42,43,45,46)/b7-3+/t24-,27-,30+,33-,37-,49+/m0/s1. The normalized spacial score (nSPS) is 30.3. The van der Waals surface area contributed by atoms with E-state index in [-0.39, 0.29) is 34.7 Å². The van der Waals surface area contributed by atoms with Gasteiger partial charge in [0.25, 0.3) is 5.91 Å². The summed E-state index contributed by atoms with van der Waals surface area (Å²) in [5.74, 6) is 1.07. The molecule has 7 rings (SSSR count). The lowest BCUT2D eigenvalue weighted by Crippen LogP contribution is -2.49. The molecule has 1 spiro atoms. The first-order chi connectivity index (χ1) is 23.7. The van der Waals surface area contributed by atoms with Crippen LogP contribution in [0.2, 0.25) is 5.02 Å². The molecule has 1 fully saturated rings. The van der Waals surface area contributed by atoms with Crippen LogP contribution < -0.4 is 14.4 Å². The number of allylic oxidation sites excluding steroid dienone is 1. The molecule has 0 unspecified atom stereocenters. The van der Waals surface area contributed by atoms with Crippen molar-refractivity contribution in [2.24, 2.45) is 22.1 Å². The van der Waals surface area contributed by atoms with Gasteiger partial charge in [0.05, 0.1) is 36.5 Å². The number of halogens is 1. The Morgan fingerprint density at radius 1 is 1.18 bits per heavy atom. The predicted octanol–water partition coefficient (Wildman–Crippen LogP) is 6.75. The monoisotopic (exact) mass is 700 g/mol. The topological polar surface area (TPSA) is 130 Å². The van der Waals surface area contributed by atoms with E-state index in [9.17, 15) is 9.00 Å². The Morgan fingerprint density at radius 3 is 2.82 bits per heavy atom. The van der Waals surface area contributed by atoms with Gasteiger partial charge in [0.2, 0.25) is 0 Å². The molecule has 6 atom stereocenters. The average Bonchev–Trinajstić information content (AvgIpc) is 3.22. The molecule has 2 aliphatic heterocycles. The zero-order valence-corrected chi connectivity index (χ0v) is 29.4. The van der Waals surface area contributed by atoms with Crippen LogP contribution in [0.1, 0.15) is 66.2 Å². The van der Waals surface area contributed by atoms with E-state index in [1.54, 1.807) is 13.2 Å². The lowest BCUT2D eigenvalue weighted by molar-refractivity contribution is 0.0131.